The van der Waals surface area contributed by atoms with Crippen LogP contribution in [0.25, 0.3) is 0 Å². The van der Waals surface area contributed by atoms with Gasteiger partial charge in [-0.05, 0) is 30.3 Å². The first kappa shape index (κ1) is 19.4. The molecule has 8 nitrogen and oxygen atoms in total. The summed E-state index contributed by atoms with van der Waals surface area (Å²) in [4.78, 5) is 39.8. The molecule has 0 bridgehead atoms. The third-order valence-electron chi connectivity index (χ3n) is 4.57. The van der Waals surface area contributed by atoms with Crippen LogP contribution in [0.2, 0.25) is 0 Å². The number of esters is 1. The zero-order chi connectivity index (χ0) is 20.2. The molecule has 0 N–H and O–H groups in total. The number of nitrogens with zero attached hydrogens (tertiary/aromatic N) is 1. The van der Waals surface area contributed by atoms with Crippen molar-refractivity contribution in [2.45, 2.75) is 6.42 Å². The molecule has 29 heavy (non-hydrogen) atoms. The molecule has 1 saturated heterocycles. The van der Waals surface area contributed by atoms with Crippen molar-refractivity contribution in [3.05, 3.63) is 45.6 Å². The minimum atomic E-state index is -0.615. The van der Waals surface area contributed by atoms with Crippen molar-refractivity contribution < 1.29 is 33.3 Å². The third kappa shape index (κ3) is 4.57. The zero-order valence-corrected chi connectivity index (χ0v) is 16.4. The molecule has 1 aromatic carbocycles. The van der Waals surface area contributed by atoms with Crippen LogP contribution in [0.4, 0.5) is 0 Å². The lowest BCUT2D eigenvalue weighted by Crippen LogP contribution is -2.41. The molecule has 9 heteroatoms. The number of fused-ring (bicyclic) bond motifs is 1. The van der Waals surface area contributed by atoms with Crippen LogP contribution in [0.15, 0.2) is 30.3 Å². The molecule has 2 aromatic rings. The van der Waals surface area contributed by atoms with Crippen LogP contribution >= 0.6 is 11.3 Å². The highest BCUT2D eigenvalue weighted by Gasteiger charge is 2.20. The van der Waals surface area contributed by atoms with E-state index < -0.39 is 5.97 Å². The standard InChI is InChI=1S/C20H19NO7S/c22-15(11-26-20(24)13-1-3-16-17(9-13)28-12-27-16)18-4-2-14(29-18)10-19(23)21-5-7-25-8-6-21/h1-4,9H,5-8,10-12H2. The highest BCUT2D eigenvalue weighted by atomic mass is 32.1. The fourth-order valence-electron chi connectivity index (χ4n) is 3.01. The van der Waals surface area contributed by atoms with E-state index in [4.69, 9.17) is 18.9 Å². The largest absolute Gasteiger partial charge is 0.454 e. The molecular weight excluding hydrogens is 398 g/mol. The van der Waals surface area contributed by atoms with Crippen molar-refractivity contribution >= 4 is 29.0 Å². The van der Waals surface area contributed by atoms with Gasteiger partial charge < -0.3 is 23.8 Å². The monoisotopic (exact) mass is 417 g/mol. The number of thiophene rings is 1. The number of amides is 1. The van der Waals surface area contributed by atoms with Gasteiger partial charge >= 0.3 is 5.97 Å². The van der Waals surface area contributed by atoms with Crippen molar-refractivity contribution in [3.8, 4) is 11.5 Å². The van der Waals surface area contributed by atoms with E-state index in [-0.39, 0.29) is 37.1 Å². The molecule has 4 rings (SSSR count). The first-order chi connectivity index (χ1) is 14.1. The van der Waals surface area contributed by atoms with E-state index in [2.05, 4.69) is 0 Å². The molecule has 1 aromatic heterocycles. The van der Waals surface area contributed by atoms with Gasteiger partial charge in [0.25, 0.3) is 0 Å². The second-order valence-electron chi connectivity index (χ2n) is 6.50. The zero-order valence-electron chi connectivity index (χ0n) is 15.5. The number of ether oxygens (including phenoxy) is 4. The number of carbonyl (C=O) groups is 3. The lowest BCUT2D eigenvalue weighted by molar-refractivity contribution is -0.134. The van der Waals surface area contributed by atoms with Gasteiger partial charge in [-0.25, -0.2) is 4.79 Å². The van der Waals surface area contributed by atoms with Crippen LogP contribution in [0.5, 0.6) is 11.5 Å². The Morgan fingerprint density at radius 3 is 2.66 bits per heavy atom. The van der Waals surface area contributed by atoms with E-state index in [0.29, 0.717) is 42.7 Å². The summed E-state index contributed by atoms with van der Waals surface area (Å²) in [6.07, 6.45) is 0.245. The summed E-state index contributed by atoms with van der Waals surface area (Å²) in [5.41, 5.74) is 0.282. The molecule has 152 valence electrons. The first-order valence-corrected chi connectivity index (χ1v) is 9.96. The van der Waals surface area contributed by atoms with Gasteiger partial charge in [0.05, 0.1) is 30.1 Å². The Morgan fingerprint density at radius 2 is 1.83 bits per heavy atom. The van der Waals surface area contributed by atoms with Crippen molar-refractivity contribution in [3.63, 3.8) is 0 Å². The summed E-state index contributed by atoms with van der Waals surface area (Å²) in [6, 6.07) is 8.12. The number of ketones is 1. The smallest absolute Gasteiger partial charge is 0.338 e. The van der Waals surface area contributed by atoms with Gasteiger partial charge in [-0.1, -0.05) is 0 Å². The second kappa shape index (κ2) is 8.62. The van der Waals surface area contributed by atoms with Crippen LogP contribution in [0, 0.1) is 0 Å². The summed E-state index contributed by atoms with van der Waals surface area (Å²) < 4.78 is 20.8. The number of hydrogen-bond acceptors (Lipinski definition) is 8. The maximum atomic E-state index is 12.3. The lowest BCUT2D eigenvalue weighted by Gasteiger charge is -2.26. The van der Waals surface area contributed by atoms with Crippen LogP contribution in [0.3, 0.4) is 0 Å². The van der Waals surface area contributed by atoms with Crippen molar-refractivity contribution in [1.82, 2.24) is 4.90 Å². The van der Waals surface area contributed by atoms with Gasteiger partial charge in [0.15, 0.2) is 18.1 Å². The molecule has 2 aliphatic rings. The Balaban J connectivity index is 1.30. The van der Waals surface area contributed by atoms with Gasteiger partial charge in [-0.2, -0.15) is 0 Å². The van der Waals surface area contributed by atoms with Gasteiger partial charge in [-0.15, -0.1) is 11.3 Å². The van der Waals surface area contributed by atoms with Crippen LogP contribution in [0.1, 0.15) is 24.9 Å². The van der Waals surface area contributed by atoms with Gasteiger partial charge in [0, 0.05) is 18.0 Å². The Morgan fingerprint density at radius 1 is 1.03 bits per heavy atom. The van der Waals surface area contributed by atoms with E-state index in [9.17, 15) is 14.4 Å². The summed E-state index contributed by atoms with van der Waals surface area (Å²) in [7, 11) is 0. The van der Waals surface area contributed by atoms with Crippen molar-refractivity contribution in [2.75, 3.05) is 39.7 Å². The maximum absolute atomic E-state index is 12.3. The summed E-state index contributed by atoms with van der Waals surface area (Å²) in [6.45, 7) is 2.02. The van der Waals surface area contributed by atoms with E-state index in [0.717, 1.165) is 4.88 Å². The number of benzene rings is 1. The fourth-order valence-corrected chi connectivity index (χ4v) is 3.93. The van der Waals surface area contributed by atoms with Crippen LogP contribution < -0.4 is 9.47 Å². The Hall–Kier alpha value is -2.91. The maximum Gasteiger partial charge on any atom is 0.338 e. The SMILES string of the molecule is O=C(OCC(=O)c1ccc(CC(=O)N2CCOCC2)s1)c1ccc2c(c1)OCO2. The summed E-state index contributed by atoms with van der Waals surface area (Å²) >= 11 is 1.24. The number of hydrogen-bond donors (Lipinski definition) is 0. The van der Waals surface area contributed by atoms with E-state index in [1.54, 1.807) is 29.2 Å². The van der Waals surface area contributed by atoms with E-state index in [1.807, 2.05) is 0 Å². The highest BCUT2D eigenvalue weighted by molar-refractivity contribution is 7.14. The van der Waals surface area contributed by atoms with Crippen molar-refractivity contribution in [2.24, 2.45) is 0 Å². The topological polar surface area (TPSA) is 91.4 Å². The molecule has 0 atom stereocenters. The van der Waals surface area contributed by atoms with Gasteiger partial charge in [0.1, 0.15) is 0 Å². The molecule has 1 fully saturated rings. The normalized spacial score (nSPS) is 15.2. The first-order valence-electron chi connectivity index (χ1n) is 9.14. The van der Waals surface area contributed by atoms with Crippen LogP contribution in [-0.4, -0.2) is 62.3 Å². The fraction of sp³-hybridized carbons (Fsp3) is 0.350. The third-order valence-corrected chi connectivity index (χ3v) is 5.69. The number of morpholine rings is 1. The minimum Gasteiger partial charge on any atom is -0.454 e. The average Bonchev–Trinajstić information content (AvgIpc) is 3.41. The van der Waals surface area contributed by atoms with Crippen molar-refractivity contribution in [1.29, 1.82) is 0 Å². The second-order valence-corrected chi connectivity index (χ2v) is 7.67. The van der Waals surface area contributed by atoms with Gasteiger partial charge in [0.2, 0.25) is 18.5 Å². The highest BCUT2D eigenvalue weighted by Crippen LogP contribution is 2.32. The number of carbonyl (C=O) groups excluding carboxylic acids is 3. The number of Topliss-reactive ketones (excluding diaryl/α,β-unsaturated/α-hetero) is 1. The minimum absolute atomic E-state index is 0.0170. The molecular formula is C20H19NO7S. The molecule has 1 amide bonds. The number of rotatable bonds is 6. The van der Waals surface area contributed by atoms with E-state index >= 15 is 0 Å². The Kier molecular flexibility index (Phi) is 5.77. The average molecular weight is 417 g/mol. The van der Waals surface area contributed by atoms with Crippen LogP contribution in [-0.2, 0) is 20.7 Å². The quantitative estimate of drug-likeness (QED) is 0.524. The predicted octanol–water partition coefficient (Wildman–Crippen LogP) is 1.92. The Bertz CT molecular complexity index is 933. The Labute approximate surface area is 170 Å². The molecule has 0 aliphatic carbocycles. The lowest BCUT2D eigenvalue weighted by atomic mass is 10.2. The van der Waals surface area contributed by atoms with Gasteiger partial charge in [-0.3, -0.25) is 9.59 Å². The molecule has 0 spiro atoms. The predicted molar refractivity (Wildman–Crippen MR) is 103 cm³/mol. The van der Waals surface area contributed by atoms with E-state index in [1.165, 1.54) is 17.4 Å². The molecule has 0 saturated carbocycles. The molecule has 0 radical (unpaired) electrons. The molecule has 3 heterocycles. The summed E-state index contributed by atoms with van der Waals surface area (Å²) in [5, 5.41) is 0. The molecule has 0 unspecified atom stereocenters. The summed E-state index contributed by atoms with van der Waals surface area (Å²) in [5.74, 6) is 0.127. The molecule has 2 aliphatic heterocycles.